The van der Waals surface area contributed by atoms with E-state index in [1.54, 1.807) is 0 Å². The molecule has 17 heavy (non-hydrogen) atoms. The highest BCUT2D eigenvalue weighted by Gasteiger charge is 2.36. The predicted octanol–water partition coefficient (Wildman–Crippen LogP) is 0.992. The molecule has 0 aromatic heterocycles. The molecule has 0 aromatic rings. The maximum absolute atomic E-state index is 12.0. The Morgan fingerprint density at radius 1 is 1.24 bits per heavy atom. The van der Waals surface area contributed by atoms with Crippen molar-refractivity contribution in [1.29, 1.82) is 0 Å². The van der Waals surface area contributed by atoms with Crippen LogP contribution in [0, 0.1) is 5.92 Å². The minimum Gasteiger partial charge on any atom is -0.313 e. The molecule has 1 aliphatic carbocycles. The third kappa shape index (κ3) is 2.14. The average molecular weight is 233 g/mol. The van der Waals surface area contributed by atoms with Crippen LogP contribution in [0.25, 0.3) is 0 Å². The fraction of sp³-hybridized carbons (Fsp3) is 0.692. The Bertz CT molecular complexity index is 375. The van der Waals surface area contributed by atoms with Crippen LogP contribution >= 0.6 is 0 Å². The Kier molecular flexibility index (Phi) is 2.97. The van der Waals surface area contributed by atoms with Gasteiger partial charge in [-0.25, -0.2) is 0 Å². The molecule has 1 amide bonds. The molecule has 0 radical (unpaired) electrons. The van der Waals surface area contributed by atoms with Gasteiger partial charge >= 0.3 is 0 Å². The van der Waals surface area contributed by atoms with Gasteiger partial charge in [-0.05, 0) is 19.3 Å². The lowest BCUT2D eigenvalue weighted by molar-refractivity contribution is -0.125. The third-order valence-electron chi connectivity index (χ3n) is 3.97. The lowest BCUT2D eigenvalue weighted by Crippen LogP contribution is -2.54. The zero-order valence-electron chi connectivity index (χ0n) is 9.98. The van der Waals surface area contributed by atoms with Crippen LogP contribution in [0.4, 0.5) is 0 Å². The fourth-order valence-electron chi connectivity index (χ4n) is 3.00. The molecular formula is C13H19N3O. The number of hydrogen-bond donors (Lipinski definition) is 2. The Morgan fingerprint density at radius 2 is 2.12 bits per heavy atom. The normalized spacial score (nSPS) is 37.1. The van der Waals surface area contributed by atoms with Crippen molar-refractivity contribution in [3.8, 4) is 0 Å². The molecule has 2 heterocycles. The van der Waals surface area contributed by atoms with E-state index in [1.165, 1.54) is 12.8 Å². The zero-order chi connectivity index (χ0) is 11.7. The fourth-order valence-corrected chi connectivity index (χ4v) is 3.00. The van der Waals surface area contributed by atoms with Crippen molar-refractivity contribution in [2.75, 3.05) is 6.54 Å². The van der Waals surface area contributed by atoms with E-state index >= 15 is 0 Å². The third-order valence-corrected chi connectivity index (χ3v) is 3.97. The number of fused-ring (bicyclic) bond motifs is 1. The largest absolute Gasteiger partial charge is 0.313 e. The number of rotatable bonds is 1. The topological polar surface area (TPSA) is 53.5 Å². The quantitative estimate of drug-likeness (QED) is 0.664. The highest BCUT2D eigenvalue weighted by molar-refractivity contribution is 6.04. The van der Waals surface area contributed by atoms with Crippen molar-refractivity contribution in [2.24, 2.45) is 10.9 Å². The highest BCUT2D eigenvalue weighted by atomic mass is 16.2. The summed E-state index contributed by atoms with van der Waals surface area (Å²) in [6, 6.07) is 0.437. The minimum atomic E-state index is 0.131. The van der Waals surface area contributed by atoms with Gasteiger partial charge in [0.2, 0.25) is 5.91 Å². The van der Waals surface area contributed by atoms with Gasteiger partial charge < -0.3 is 10.6 Å². The van der Waals surface area contributed by atoms with Crippen molar-refractivity contribution in [3.63, 3.8) is 0 Å². The molecule has 1 fully saturated rings. The molecule has 3 atom stereocenters. The summed E-state index contributed by atoms with van der Waals surface area (Å²) in [5, 5.41) is 6.37. The molecule has 0 spiro atoms. The second-order valence-electron chi connectivity index (χ2n) is 5.13. The van der Waals surface area contributed by atoms with Gasteiger partial charge in [-0.3, -0.25) is 9.79 Å². The summed E-state index contributed by atoms with van der Waals surface area (Å²) >= 11 is 0. The van der Waals surface area contributed by atoms with E-state index in [9.17, 15) is 4.79 Å². The first-order valence-electron chi connectivity index (χ1n) is 6.61. The number of nitrogens with one attached hydrogen (secondary N) is 2. The van der Waals surface area contributed by atoms with Crippen LogP contribution in [-0.2, 0) is 4.79 Å². The van der Waals surface area contributed by atoms with E-state index in [0.29, 0.717) is 0 Å². The molecule has 0 saturated heterocycles. The first-order chi connectivity index (χ1) is 8.34. The molecule has 0 aromatic carbocycles. The summed E-state index contributed by atoms with van der Waals surface area (Å²) in [6.07, 6.45) is 9.66. The van der Waals surface area contributed by atoms with E-state index < -0.39 is 0 Å². The molecule has 3 unspecified atom stereocenters. The summed E-state index contributed by atoms with van der Waals surface area (Å²) in [4.78, 5) is 16.8. The molecule has 2 aliphatic heterocycles. The summed E-state index contributed by atoms with van der Waals surface area (Å²) < 4.78 is 0. The molecule has 3 aliphatic rings. The highest BCUT2D eigenvalue weighted by Crippen LogP contribution is 2.29. The van der Waals surface area contributed by atoms with Crippen LogP contribution in [0.1, 0.15) is 32.1 Å². The van der Waals surface area contributed by atoms with Crippen LogP contribution in [0.15, 0.2) is 17.1 Å². The lowest BCUT2D eigenvalue weighted by atomic mass is 9.83. The monoisotopic (exact) mass is 233 g/mol. The molecule has 3 rings (SSSR count). The Hall–Kier alpha value is -1.16. The standard InChI is InChI=1S/C13H19N3O/c17-13-9-5-1-2-6-10(9)15-12(16-13)11-7-3-4-8-14-11/h3-4,9-11,14H,1-2,5-8H2,(H,15,16,17). The molecule has 2 N–H and O–H groups in total. The van der Waals surface area contributed by atoms with E-state index in [1.807, 2.05) is 0 Å². The van der Waals surface area contributed by atoms with Crippen LogP contribution in [0.3, 0.4) is 0 Å². The van der Waals surface area contributed by atoms with Crippen molar-refractivity contribution < 1.29 is 4.79 Å². The number of nitrogens with zero attached hydrogens (tertiary/aromatic N) is 1. The van der Waals surface area contributed by atoms with Gasteiger partial charge in [0.25, 0.3) is 0 Å². The van der Waals surface area contributed by atoms with Gasteiger partial charge in [-0.15, -0.1) is 0 Å². The van der Waals surface area contributed by atoms with Gasteiger partial charge in [-0.2, -0.15) is 0 Å². The first kappa shape index (κ1) is 11.0. The van der Waals surface area contributed by atoms with Gasteiger partial charge in [0.05, 0.1) is 18.0 Å². The summed E-state index contributed by atoms with van der Waals surface area (Å²) in [6.45, 7) is 0.869. The van der Waals surface area contributed by atoms with Gasteiger partial charge in [0.15, 0.2) is 0 Å². The Balaban J connectivity index is 1.78. The summed E-state index contributed by atoms with van der Waals surface area (Å²) in [5.74, 6) is 1.19. The van der Waals surface area contributed by atoms with E-state index in [0.717, 1.165) is 31.6 Å². The van der Waals surface area contributed by atoms with Gasteiger partial charge in [0, 0.05) is 6.54 Å². The number of amidine groups is 1. The SMILES string of the molecule is O=C1NC(C2CC=CCN2)=NC2CCCCC12. The smallest absolute Gasteiger partial charge is 0.230 e. The van der Waals surface area contributed by atoms with Crippen molar-refractivity contribution in [1.82, 2.24) is 10.6 Å². The predicted molar refractivity (Wildman–Crippen MR) is 66.9 cm³/mol. The van der Waals surface area contributed by atoms with Crippen LogP contribution in [0.5, 0.6) is 0 Å². The van der Waals surface area contributed by atoms with E-state index in [4.69, 9.17) is 4.99 Å². The maximum atomic E-state index is 12.0. The molecule has 92 valence electrons. The Morgan fingerprint density at radius 3 is 2.94 bits per heavy atom. The van der Waals surface area contributed by atoms with Gasteiger partial charge in [-0.1, -0.05) is 25.0 Å². The zero-order valence-corrected chi connectivity index (χ0v) is 9.98. The Labute approximate surface area is 102 Å². The van der Waals surface area contributed by atoms with Gasteiger partial charge in [0.1, 0.15) is 5.84 Å². The second-order valence-corrected chi connectivity index (χ2v) is 5.13. The molecular weight excluding hydrogens is 214 g/mol. The summed E-state index contributed by atoms with van der Waals surface area (Å²) in [5.41, 5.74) is 0. The molecule has 1 saturated carbocycles. The second kappa shape index (κ2) is 4.61. The average Bonchev–Trinajstić information content (AvgIpc) is 2.40. The van der Waals surface area contributed by atoms with Crippen molar-refractivity contribution in [2.45, 2.75) is 44.2 Å². The minimum absolute atomic E-state index is 0.131. The van der Waals surface area contributed by atoms with Crippen LogP contribution < -0.4 is 10.6 Å². The molecule has 4 heteroatoms. The maximum Gasteiger partial charge on any atom is 0.230 e. The number of hydrogen-bond acceptors (Lipinski definition) is 3. The lowest BCUT2D eigenvalue weighted by Gasteiger charge is -2.35. The number of aliphatic imine (C=N–C) groups is 1. The number of carbonyl (C=O) groups is 1. The van der Waals surface area contributed by atoms with Crippen molar-refractivity contribution >= 4 is 11.7 Å². The molecule has 0 bridgehead atoms. The van der Waals surface area contributed by atoms with Crippen molar-refractivity contribution in [3.05, 3.63) is 12.2 Å². The van der Waals surface area contributed by atoms with E-state index in [2.05, 4.69) is 22.8 Å². The van der Waals surface area contributed by atoms with Crippen LogP contribution in [0.2, 0.25) is 0 Å². The first-order valence-corrected chi connectivity index (χ1v) is 6.61. The summed E-state index contributed by atoms with van der Waals surface area (Å²) in [7, 11) is 0. The number of amides is 1. The number of carbonyl (C=O) groups excluding carboxylic acids is 1. The van der Waals surface area contributed by atoms with Crippen LogP contribution in [-0.4, -0.2) is 30.4 Å². The van der Waals surface area contributed by atoms with E-state index in [-0.39, 0.29) is 23.9 Å². The molecule has 4 nitrogen and oxygen atoms in total.